The molecule has 3 rings (SSSR count). The summed E-state index contributed by atoms with van der Waals surface area (Å²) in [7, 11) is 0. The number of ether oxygens (including phenoxy) is 3. The number of hydrogen-bond acceptors (Lipinski definition) is 6. The van der Waals surface area contributed by atoms with E-state index in [0.29, 0.717) is 17.9 Å². The summed E-state index contributed by atoms with van der Waals surface area (Å²) in [5.41, 5.74) is 4.10. The van der Waals surface area contributed by atoms with E-state index in [1.807, 2.05) is 30.3 Å². The van der Waals surface area contributed by atoms with Crippen LogP contribution in [0.25, 0.3) is 0 Å². The number of carbonyl (C=O) groups is 2. The van der Waals surface area contributed by atoms with Crippen LogP contribution in [0.1, 0.15) is 18.1 Å². The molecule has 1 heterocycles. The van der Waals surface area contributed by atoms with Crippen molar-refractivity contribution in [2.75, 3.05) is 13.4 Å². The molecular formula is C20H21N3O5. The first-order chi connectivity index (χ1) is 13.7. The predicted octanol–water partition coefficient (Wildman–Crippen LogP) is 2.22. The Morgan fingerprint density at radius 3 is 2.75 bits per heavy atom. The van der Waals surface area contributed by atoms with E-state index >= 15 is 0 Å². The highest BCUT2D eigenvalue weighted by Crippen LogP contribution is 2.31. The van der Waals surface area contributed by atoms with Crippen LogP contribution < -0.4 is 20.2 Å². The molecule has 0 saturated carbocycles. The number of rotatable bonds is 7. The van der Waals surface area contributed by atoms with E-state index in [0.717, 1.165) is 11.1 Å². The molecular weight excluding hydrogens is 362 g/mol. The third-order valence-corrected chi connectivity index (χ3v) is 3.95. The van der Waals surface area contributed by atoms with E-state index in [1.165, 1.54) is 6.21 Å². The molecule has 1 atom stereocenters. The first-order valence-electron chi connectivity index (χ1n) is 8.85. The monoisotopic (exact) mass is 383 g/mol. The SMILES string of the molecule is CCOC(=O)N[C@H](Cc1ccccc1)C(=O)N/N=C\c1ccc2c(c1)OCO2. The topological polar surface area (TPSA) is 98.2 Å². The zero-order valence-electron chi connectivity index (χ0n) is 15.4. The molecule has 1 aliphatic rings. The summed E-state index contributed by atoms with van der Waals surface area (Å²) in [6, 6.07) is 13.9. The fourth-order valence-electron chi connectivity index (χ4n) is 2.62. The highest BCUT2D eigenvalue weighted by Gasteiger charge is 2.21. The van der Waals surface area contributed by atoms with Gasteiger partial charge in [0.05, 0.1) is 12.8 Å². The van der Waals surface area contributed by atoms with Crippen LogP contribution in [0.15, 0.2) is 53.6 Å². The number of benzene rings is 2. The van der Waals surface area contributed by atoms with Crippen LogP contribution in [0, 0.1) is 0 Å². The fourth-order valence-corrected chi connectivity index (χ4v) is 2.62. The molecule has 0 unspecified atom stereocenters. The predicted molar refractivity (Wildman–Crippen MR) is 102 cm³/mol. The Hall–Kier alpha value is -3.55. The Morgan fingerprint density at radius 2 is 1.96 bits per heavy atom. The van der Waals surface area contributed by atoms with Gasteiger partial charge in [0.25, 0.3) is 5.91 Å². The van der Waals surface area contributed by atoms with Gasteiger partial charge in [-0.15, -0.1) is 0 Å². The Morgan fingerprint density at radius 1 is 1.18 bits per heavy atom. The van der Waals surface area contributed by atoms with Crippen molar-refractivity contribution in [1.29, 1.82) is 0 Å². The van der Waals surface area contributed by atoms with Gasteiger partial charge in [0, 0.05) is 6.42 Å². The number of hydrazone groups is 1. The number of amides is 2. The number of nitrogens with zero attached hydrogens (tertiary/aromatic N) is 1. The second-order valence-electron chi connectivity index (χ2n) is 5.95. The van der Waals surface area contributed by atoms with Crippen molar-refractivity contribution in [2.24, 2.45) is 5.10 Å². The van der Waals surface area contributed by atoms with Gasteiger partial charge in [-0.05, 0) is 36.2 Å². The lowest BCUT2D eigenvalue weighted by atomic mass is 10.1. The second kappa shape index (κ2) is 9.40. The molecule has 2 aromatic carbocycles. The number of alkyl carbamates (subject to hydrolysis) is 1. The summed E-state index contributed by atoms with van der Waals surface area (Å²) in [6.07, 6.45) is 1.15. The third kappa shape index (κ3) is 5.23. The average Bonchev–Trinajstić information content (AvgIpc) is 3.16. The minimum atomic E-state index is -0.824. The van der Waals surface area contributed by atoms with Crippen LogP contribution in [0.5, 0.6) is 11.5 Å². The molecule has 8 nitrogen and oxygen atoms in total. The highest BCUT2D eigenvalue weighted by atomic mass is 16.7. The van der Waals surface area contributed by atoms with Gasteiger partial charge in [0.15, 0.2) is 11.5 Å². The molecule has 8 heteroatoms. The summed E-state index contributed by atoms with van der Waals surface area (Å²) in [4.78, 5) is 24.3. The molecule has 1 aliphatic heterocycles. The molecule has 0 radical (unpaired) electrons. The van der Waals surface area contributed by atoms with Crippen molar-refractivity contribution in [2.45, 2.75) is 19.4 Å². The van der Waals surface area contributed by atoms with Gasteiger partial charge in [0.1, 0.15) is 6.04 Å². The molecule has 0 aromatic heterocycles. The van der Waals surface area contributed by atoms with Gasteiger partial charge in [0.2, 0.25) is 6.79 Å². The standard InChI is InChI=1S/C20H21N3O5/c1-2-26-20(25)22-16(10-14-6-4-3-5-7-14)19(24)23-21-12-15-8-9-17-18(11-15)28-13-27-17/h3-9,11-12,16H,2,10,13H2,1H3,(H,22,25)(H,23,24)/b21-12-/t16-/m1/s1. The Kier molecular flexibility index (Phi) is 6.46. The summed E-state index contributed by atoms with van der Waals surface area (Å²) in [6.45, 7) is 2.10. The molecule has 0 spiro atoms. The van der Waals surface area contributed by atoms with E-state index < -0.39 is 18.0 Å². The molecule has 2 amide bonds. The van der Waals surface area contributed by atoms with Crippen LogP contribution in [0.4, 0.5) is 4.79 Å². The molecule has 146 valence electrons. The number of nitrogens with one attached hydrogen (secondary N) is 2. The van der Waals surface area contributed by atoms with E-state index in [2.05, 4.69) is 15.8 Å². The Labute approximate surface area is 162 Å². The minimum Gasteiger partial charge on any atom is -0.454 e. The highest BCUT2D eigenvalue weighted by molar-refractivity contribution is 5.87. The smallest absolute Gasteiger partial charge is 0.407 e. The zero-order valence-corrected chi connectivity index (χ0v) is 15.4. The van der Waals surface area contributed by atoms with Gasteiger partial charge in [-0.25, -0.2) is 10.2 Å². The number of carbonyl (C=O) groups excluding carboxylic acids is 2. The molecule has 2 N–H and O–H groups in total. The van der Waals surface area contributed by atoms with E-state index in [1.54, 1.807) is 25.1 Å². The molecule has 0 bridgehead atoms. The largest absolute Gasteiger partial charge is 0.454 e. The van der Waals surface area contributed by atoms with Gasteiger partial charge in [-0.1, -0.05) is 30.3 Å². The third-order valence-electron chi connectivity index (χ3n) is 3.95. The van der Waals surface area contributed by atoms with E-state index in [-0.39, 0.29) is 13.4 Å². The lowest BCUT2D eigenvalue weighted by Gasteiger charge is -2.16. The molecule has 0 fully saturated rings. The van der Waals surface area contributed by atoms with Crippen LogP contribution >= 0.6 is 0 Å². The summed E-state index contributed by atoms with van der Waals surface area (Å²) in [5.74, 6) is 0.845. The first kappa shape index (κ1) is 19.2. The normalized spacial score (nSPS) is 13.2. The summed E-state index contributed by atoms with van der Waals surface area (Å²) < 4.78 is 15.4. The van der Waals surface area contributed by atoms with E-state index in [9.17, 15) is 9.59 Å². The summed E-state index contributed by atoms with van der Waals surface area (Å²) >= 11 is 0. The molecule has 0 saturated heterocycles. The number of fused-ring (bicyclic) bond motifs is 1. The molecule has 28 heavy (non-hydrogen) atoms. The van der Waals surface area contributed by atoms with Gasteiger partial charge < -0.3 is 19.5 Å². The van der Waals surface area contributed by atoms with Gasteiger partial charge in [-0.3, -0.25) is 4.79 Å². The summed E-state index contributed by atoms with van der Waals surface area (Å²) in [5, 5.41) is 6.54. The van der Waals surface area contributed by atoms with E-state index in [4.69, 9.17) is 14.2 Å². The number of hydrogen-bond donors (Lipinski definition) is 2. The van der Waals surface area contributed by atoms with Gasteiger partial charge in [-0.2, -0.15) is 5.10 Å². The van der Waals surface area contributed by atoms with Crippen molar-refractivity contribution in [3.05, 3.63) is 59.7 Å². The second-order valence-corrected chi connectivity index (χ2v) is 5.95. The van der Waals surface area contributed by atoms with Crippen molar-refractivity contribution >= 4 is 18.2 Å². The molecule has 2 aromatic rings. The minimum absolute atomic E-state index is 0.188. The first-order valence-corrected chi connectivity index (χ1v) is 8.85. The van der Waals surface area contributed by atoms with Crippen molar-refractivity contribution in [1.82, 2.24) is 10.7 Å². The Bertz CT molecular complexity index is 854. The Balaban J connectivity index is 1.63. The van der Waals surface area contributed by atoms with Crippen LogP contribution in [0.2, 0.25) is 0 Å². The quantitative estimate of drug-likeness (QED) is 0.564. The van der Waals surface area contributed by atoms with Crippen molar-refractivity contribution < 1.29 is 23.8 Å². The average molecular weight is 383 g/mol. The maximum Gasteiger partial charge on any atom is 0.407 e. The lowest BCUT2D eigenvalue weighted by Crippen LogP contribution is -2.47. The molecule has 0 aliphatic carbocycles. The van der Waals surface area contributed by atoms with Crippen LogP contribution in [0.3, 0.4) is 0 Å². The lowest BCUT2D eigenvalue weighted by molar-refractivity contribution is -0.123. The maximum absolute atomic E-state index is 12.5. The van der Waals surface area contributed by atoms with Crippen molar-refractivity contribution in [3.63, 3.8) is 0 Å². The zero-order chi connectivity index (χ0) is 19.8. The fraction of sp³-hybridized carbons (Fsp3) is 0.250. The van der Waals surface area contributed by atoms with Gasteiger partial charge >= 0.3 is 6.09 Å². The van der Waals surface area contributed by atoms with Crippen LogP contribution in [-0.4, -0.2) is 37.7 Å². The maximum atomic E-state index is 12.5. The van der Waals surface area contributed by atoms with Crippen molar-refractivity contribution in [3.8, 4) is 11.5 Å². The van der Waals surface area contributed by atoms with Crippen LogP contribution in [-0.2, 0) is 16.0 Å².